The molecule has 2 saturated heterocycles. The first-order valence-electron chi connectivity index (χ1n) is 7.95. The number of carbonyl (C=O) groups excluding carboxylic acids is 1. The summed E-state index contributed by atoms with van der Waals surface area (Å²) in [7, 11) is -9.57. The maximum absolute atomic E-state index is 12.5. The van der Waals surface area contributed by atoms with Gasteiger partial charge in [0.1, 0.15) is 10.7 Å². The van der Waals surface area contributed by atoms with E-state index in [-0.39, 0.29) is 19.4 Å². The third-order valence-electron chi connectivity index (χ3n) is 4.24. The van der Waals surface area contributed by atoms with Gasteiger partial charge in [-0.15, -0.1) is 8.68 Å². The van der Waals surface area contributed by atoms with Gasteiger partial charge >= 0.3 is 22.6 Å². The highest BCUT2D eigenvalue weighted by molar-refractivity contribution is 7.90. The molecule has 3 rings (SSSR count). The number of hydrogen-bond donors (Lipinski definition) is 2. The van der Waals surface area contributed by atoms with Crippen LogP contribution < -0.4 is 5.73 Å². The molecule has 0 aromatic carbocycles. The van der Waals surface area contributed by atoms with Crippen molar-refractivity contribution in [2.75, 3.05) is 6.54 Å². The number of halogens is 3. The van der Waals surface area contributed by atoms with Crippen molar-refractivity contribution in [1.82, 2.24) is 19.9 Å². The van der Waals surface area contributed by atoms with Gasteiger partial charge < -0.3 is 10.6 Å². The van der Waals surface area contributed by atoms with E-state index < -0.39 is 61.3 Å². The maximum Gasteiger partial charge on any atom is 0.451 e. The number of fused-ring (bicyclic) bond motifs is 2. The standard InChI is InChI=1S/C12H13F3N6O7S2/c13-12(14,15)10-17-3-7(4-18-10)29(23,24)19-9(16)8-2-1-6-5-20(8)11(22)21(6)28-30(25,26)27/h3-4,6,8H,1-2,5H2,(H2,16,19)(H,25,26,27)/t6-,8+/m1/s1. The molecule has 2 bridgehead atoms. The summed E-state index contributed by atoms with van der Waals surface area (Å²) in [6.07, 6.45) is -3.81. The molecule has 2 fully saturated rings. The molecule has 0 spiro atoms. The van der Waals surface area contributed by atoms with Crippen LogP contribution in [0.5, 0.6) is 0 Å². The van der Waals surface area contributed by atoms with Crippen LogP contribution in [0.3, 0.4) is 0 Å². The van der Waals surface area contributed by atoms with E-state index in [1.165, 1.54) is 0 Å². The van der Waals surface area contributed by atoms with Gasteiger partial charge in [-0.3, -0.25) is 4.55 Å². The zero-order valence-electron chi connectivity index (χ0n) is 14.6. The van der Waals surface area contributed by atoms with E-state index in [9.17, 15) is 34.8 Å². The number of nitrogens with two attached hydrogens (primary N) is 1. The van der Waals surface area contributed by atoms with Crippen LogP contribution in [0.4, 0.5) is 18.0 Å². The fourth-order valence-electron chi connectivity index (χ4n) is 2.99. The Morgan fingerprint density at radius 2 is 1.83 bits per heavy atom. The lowest BCUT2D eigenvalue weighted by Gasteiger charge is -2.29. The highest BCUT2D eigenvalue weighted by Gasteiger charge is 2.48. The second-order valence-electron chi connectivity index (χ2n) is 6.24. The molecule has 3 heterocycles. The fraction of sp³-hybridized carbons (Fsp3) is 0.500. The zero-order valence-corrected chi connectivity index (χ0v) is 16.2. The molecule has 18 heteroatoms. The largest absolute Gasteiger partial charge is 0.451 e. The third kappa shape index (κ3) is 4.45. The summed E-state index contributed by atoms with van der Waals surface area (Å²) >= 11 is 0. The van der Waals surface area contributed by atoms with Gasteiger partial charge in [0, 0.05) is 6.54 Å². The smallest absolute Gasteiger partial charge is 0.385 e. The van der Waals surface area contributed by atoms with Gasteiger partial charge in [0.25, 0.3) is 10.0 Å². The first-order chi connectivity index (χ1) is 13.7. The van der Waals surface area contributed by atoms with Crippen molar-refractivity contribution >= 4 is 32.3 Å². The van der Waals surface area contributed by atoms with Crippen LogP contribution in [-0.4, -0.2) is 71.8 Å². The summed E-state index contributed by atoms with van der Waals surface area (Å²) in [5.41, 5.74) is 5.72. The molecule has 30 heavy (non-hydrogen) atoms. The molecule has 1 aromatic rings. The number of amides is 2. The number of hydroxylamine groups is 2. The Morgan fingerprint density at radius 1 is 1.23 bits per heavy atom. The Hall–Kier alpha value is -2.57. The molecular formula is C12H13F3N6O7S2. The van der Waals surface area contributed by atoms with Gasteiger partial charge in [0.05, 0.1) is 24.5 Å². The number of nitrogens with zero attached hydrogens (tertiary/aromatic N) is 5. The molecule has 0 aliphatic carbocycles. The number of amidine groups is 1. The Balaban J connectivity index is 1.82. The quantitative estimate of drug-likeness (QED) is 0.321. The van der Waals surface area contributed by atoms with Crippen molar-refractivity contribution in [1.29, 1.82) is 0 Å². The second kappa shape index (κ2) is 7.29. The highest BCUT2D eigenvalue weighted by Crippen LogP contribution is 2.31. The van der Waals surface area contributed by atoms with E-state index >= 15 is 0 Å². The van der Waals surface area contributed by atoms with E-state index in [2.05, 4.69) is 18.6 Å². The summed E-state index contributed by atoms with van der Waals surface area (Å²) < 4.78 is 100. The minimum absolute atomic E-state index is 0.0795. The van der Waals surface area contributed by atoms with Crippen molar-refractivity contribution in [3.63, 3.8) is 0 Å². The lowest BCUT2D eigenvalue weighted by atomic mass is 10.0. The molecule has 2 atom stereocenters. The fourth-order valence-corrected chi connectivity index (χ4v) is 4.25. The van der Waals surface area contributed by atoms with Crippen LogP contribution in [0.1, 0.15) is 18.7 Å². The molecule has 3 N–H and O–H groups in total. The predicted molar refractivity (Wildman–Crippen MR) is 89.2 cm³/mol. The summed E-state index contributed by atoms with van der Waals surface area (Å²) in [6, 6.07) is -2.79. The number of urea groups is 1. The molecule has 13 nitrogen and oxygen atoms in total. The van der Waals surface area contributed by atoms with Gasteiger partial charge in [0.15, 0.2) is 0 Å². The number of piperidine rings is 1. The van der Waals surface area contributed by atoms with Crippen LogP contribution in [0.25, 0.3) is 0 Å². The topological polar surface area (TPSA) is 185 Å². The average Bonchev–Trinajstić information content (AvgIpc) is 2.84. The van der Waals surface area contributed by atoms with E-state index in [1.54, 1.807) is 0 Å². The first kappa shape index (κ1) is 22.1. The summed E-state index contributed by atoms with van der Waals surface area (Å²) in [4.78, 5) is 18.4. The van der Waals surface area contributed by atoms with E-state index in [1.807, 2.05) is 0 Å². The SMILES string of the molecule is NC(=NS(=O)(=O)c1cnc(C(F)(F)F)nc1)[C@@H]1CC[C@@H]2CN1C(=O)N2OS(=O)(=O)O. The van der Waals surface area contributed by atoms with Crippen LogP contribution in [0.15, 0.2) is 21.7 Å². The van der Waals surface area contributed by atoms with E-state index in [0.29, 0.717) is 17.5 Å². The number of alkyl halides is 3. The molecule has 1 aromatic heterocycles. The van der Waals surface area contributed by atoms with Crippen molar-refractivity contribution in [2.45, 2.75) is 36.0 Å². The minimum Gasteiger partial charge on any atom is -0.385 e. The molecule has 0 radical (unpaired) electrons. The average molecular weight is 474 g/mol. The number of carbonyl (C=O) groups is 1. The zero-order chi connectivity index (χ0) is 22.5. The third-order valence-corrected chi connectivity index (χ3v) is 5.85. The molecule has 2 aliphatic rings. The van der Waals surface area contributed by atoms with E-state index in [4.69, 9.17) is 10.3 Å². The van der Waals surface area contributed by atoms with Gasteiger partial charge in [-0.1, -0.05) is 0 Å². The Labute approximate surface area is 167 Å². The van der Waals surface area contributed by atoms with Gasteiger partial charge in [-0.2, -0.15) is 35.1 Å². The van der Waals surface area contributed by atoms with Gasteiger partial charge in [-0.25, -0.2) is 14.8 Å². The van der Waals surface area contributed by atoms with Gasteiger partial charge in [-0.05, 0) is 12.8 Å². The minimum atomic E-state index is -4.97. The molecule has 2 amide bonds. The monoisotopic (exact) mass is 474 g/mol. The van der Waals surface area contributed by atoms with Crippen LogP contribution in [-0.2, 0) is 30.9 Å². The molecule has 166 valence electrons. The summed E-state index contributed by atoms with van der Waals surface area (Å²) in [5.74, 6) is -2.10. The molecular weight excluding hydrogens is 461 g/mol. The lowest BCUT2D eigenvalue weighted by molar-refractivity contribution is -0.145. The second-order valence-corrected chi connectivity index (χ2v) is 8.85. The molecule has 0 unspecified atom stereocenters. The Morgan fingerprint density at radius 3 is 2.37 bits per heavy atom. The lowest BCUT2D eigenvalue weighted by Crippen LogP contribution is -2.48. The van der Waals surface area contributed by atoms with Crippen molar-refractivity contribution < 1.29 is 43.6 Å². The highest BCUT2D eigenvalue weighted by atomic mass is 32.3. The maximum atomic E-state index is 12.5. The number of aromatic nitrogens is 2. The van der Waals surface area contributed by atoms with Gasteiger partial charge in [0.2, 0.25) is 5.82 Å². The van der Waals surface area contributed by atoms with Crippen LogP contribution >= 0.6 is 0 Å². The number of rotatable bonds is 5. The Kier molecular flexibility index (Phi) is 5.37. The van der Waals surface area contributed by atoms with Crippen molar-refractivity contribution in [2.24, 2.45) is 10.1 Å². The van der Waals surface area contributed by atoms with Crippen LogP contribution in [0.2, 0.25) is 0 Å². The normalized spacial score (nSPS) is 23.2. The van der Waals surface area contributed by atoms with Crippen molar-refractivity contribution in [3.05, 3.63) is 18.2 Å². The Bertz CT molecular complexity index is 1090. The predicted octanol–water partition coefficient (Wildman–Crippen LogP) is -0.456. The van der Waals surface area contributed by atoms with Crippen molar-refractivity contribution in [3.8, 4) is 0 Å². The molecule has 2 aliphatic heterocycles. The van der Waals surface area contributed by atoms with Crippen LogP contribution in [0, 0.1) is 0 Å². The molecule has 0 saturated carbocycles. The van der Waals surface area contributed by atoms with E-state index in [0.717, 1.165) is 4.90 Å². The summed E-state index contributed by atoms with van der Waals surface area (Å²) in [6.45, 7) is -0.0846. The number of sulfonamides is 1. The summed E-state index contributed by atoms with van der Waals surface area (Å²) in [5, 5.41) is 0.431. The number of hydrogen-bond acceptors (Lipinski definition) is 8. The first-order valence-corrected chi connectivity index (χ1v) is 10.8.